The van der Waals surface area contributed by atoms with Gasteiger partial charge in [-0.1, -0.05) is 30.8 Å². The minimum atomic E-state index is -0.901. The summed E-state index contributed by atoms with van der Waals surface area (Å²) in [6, 6.07) is 9.11. The number of carboxylic acid groups (broad SMARTS) is 1. The maximum atomic E-state index is 11.1. The molecule has 24 heavy (non-hydrogen) atoms. The van der Waals surface area contributed by atoms with Crippen molar-refractivity contribution in [3.8, 4) is 0 Å². The molecule has 2 aromatic rings. The Hall–Kier alpha value is -2.08. The second-order valence-corrected chi connectivity index (χ2v) is 6.78. The Balaban J connectivity index is 1.75. The molecule has 1 saturated heterocycles. The average Bonchev–Trinajstić information content (AvgIpc) is 3.14. The number of aryl methyl sites for hydroxylation is 1. The topological polar surface area (TPSA) is 66.3 Å². The molecule has 1 aromatic carbocycles. The summed E-state index contributed by atoms with van der Waals surface area (Å²) in [4.78, 5) is 22.7. The van der Waals surface area contributed by atoms with Gasteiger partial charge in [0, 0.05) is 30.6 Å². The van der Waals surface area contributed by atoms with Gasteiger partial charge in [-0.25, -0.2) is 14.8 Å². The molecule has 0 aliphatic carbocycles. The lowest BCUT2D eigenvalue weighted by molar-refractivity contribution is 0.0697. The molecular weight excluding hydrogens is 322 g/mol. The van der Waals surface area contributed by atoms with Crippen molar-refractivity contribution in [2.45, 2.75) is 37.1 Å². The lowest BCUT2D eigenvalue weighted by Gasteiger charge is -2.17. The number of hydrogen-bond acceptors (Lipinski definition) is 5. The maximum absolute atomic E-state index is 11.1. The molecule has 2 heterocycles. The van der Waals surface area contributed by atoms with Crippen LogP contribution < -0.4 is 4.90 Å². The molecule has 1 aliphatic heterocycles. The van der Waals surface area contributed by atoms with Gasteiger partial charge in [0.2, 0.25) is 0 Å². The summed E-state index contributed by atoms with van der Waals surface area (Å²) in [5.74, 6) is 0.775. The average molecular weight is 343 g/mol. The van der Waals surface area contributed by atoms with Gasteiger partial charge < -0.3 is 10.0 Å². The van der Waals surface area contributed by atoms with E-state index in [-0.39, 0.29) is 0 Å². The first-order valence-electron chi connectivity index (χ1n) is 8.23. The van der Waals surface area contributed by atoms with Crippen LogP contribution in [0.4, 0.5) is 5.82 Å². The molecule has 0 bridgehead atoms. The van der Waals surface area contributed by atoms with Crippen LogP contribution in [0.3, 0.4) is 0 Å². The Kier molecular flexibility index (Phi) is 5.35. The molecule has 1 aliphatic rings. The first kappa shape index (κ1) is 16.8. The Morgan fingerprint density at radius 2 is 2.04 bits per heavy atom. The summed E-state index contributed by atoms with van der Waals surface area (Å²) in [7, 11) is 0. The van der Waals surface area contributed by atoms with Gasteiger partial charge in [-0.15, -0.1) is 0 Å². The summed E-state index contributed by atoms with van der Waals surface area (Å²) < 4.78 is 0. The molecule has 1 aromatic heterocycles. The van der Waals surface area contributed by atoms with Crippen molar-refractivity contribution in [2.75, 3.05) is 18.0 Å². The van der Waals surface area contributed by atoms with Crippen LogP contribution in [0, 0.1) is 0 Å². The summed E-state index contributed by atoms with van der Waals surface area (Å²) in [5.41, 5.74) is 2.33. The maximum Gasteiger partial charge on any atom is 0.335 e. The summed E-state index contributed by atoms with van der Waals surface area (Å²) in [5, 5.41) is 9.84. The van der Waals surface area contributed by atoms with Crippen molar-refractivity contribution in [2.24, 2.45) is 0 Å². The highest BCUT2D eigenvalue weighted by atomic mass is 32.2. The molecular formula is C18H21N3O2S. The van der Waals surface area contributed by atoms with Gasteiger partial charge in [-0.05, 0) is 37.0 Å². The smallest absolute Gasteiger partial charge is 0.335 e. The fourth-order valence-corrected chi connectivity index (χ4v) is 3.57. The van der Waals surface area contributed by atoms with Gasteiger partial charge >= 0.3 is 5.97 Å². The summed E-state index contributed by atoms with van der Waals surface area (Å²) in [6.45, 7) is 4.22. The van der Waals surface area contributed by atoms with E-state index in [0.29, 0.717) is 11.3 Å². The third kappa shape index (κ3) is 4.06. The van der Waals surface area contributed by atoms with Gasteiger partial charge in [0.1, 0.15) is 5.82 Å². The van der Waals surface area contributed by atoms with Gasteiger partial charge in [0.15, 0.2) is 5.16 Å². The standard InChI is InChI=1S/C18H21N3O2S/c1-2-15-11-16(21-8-3-4-9-21)20-18(19-15)24-12-13-6-5-7-14(10-13)17(22)23/h5-7,10-11H,2-4,8-9,12H2,1H3,(H,22,23). The van der Waals surface area contributed by atoms with E-state index >= 15 is 0 Å². The van der Waals surface area contributed by atoms with Crippen LogP contribution in [-0.4, -0.2) is 34.1 Å². The predicted octanol–water partition coefficient (Wildman–Crippen LogP) is 3.63. The van der Waals surface area contributed by atoms with Crippen LogP contribution in [0.25, 0.3) is 0 Å². The van der Waals surface area contributed by atoms with Crippen molar-refractivity contribution in [3.05, 3.63) is 47.2 Å². The lowest BCUT2D eigenvalue weighted by Crippen LogP contribution is -2.19. The fraction of sp³-hybridized carbons (Fsp3) is 0.389. The number of carboxylic acids is 1. The molecule has 0 radical (unpaired) electrons. The van der Waals surface area contributed by atoms with E-state index in [4.69, 9.17) is 10.1 Å². The molecule has 0 amide bonds. The minimum absolute atomic E-state index is 0.314. The second-order valence-electron chi connectivity index (χ2n) is 5.84. The van der Waals surface area contributed by atoms with Gasteiger partial charge in [0.05, 0.1) is 5.56 Å². The molecule has 1 N–H and O–H groups in total. The van der Waals surface area contributed by atoms with Crippen molar-refractivity contribution in [3.63, 3.8) is 0 Å². The Labute approximate surface area is 146 Å². The lowest BCUT2D eigenvalue weighted by atomic mass is 10.1. The van der Waals surface area contributed by atoms with Crippen molar-refractivity contribution in [1.82, 2.24) is 9.97 Å². The number of thioether (sulfide) groups is 1. The molecule has 5 nitrogen and oxygen atoms in total. The van der Waals surface area contributed by atoms with E-state index in [1.54, 1.807) is 30.0 Å². The van der Waals surface area contributed by atoms with Crippen LogP contribution in [0.2, 0.25) is 0 Å². The largest absolute Gasteiger partial charge is 0.478 e. The van der Waals surface area contributed by atoms with Crippen LogP contribution in [0.1, 0.15) is 41.4 Å². The Morgan fingerprint density at radius 3 is 2.75 bits per heavy atom. The van der Waals surface area contributed by atoms with E-state index in [0.717, 1.165) is 41.7 Å². The zero-order chi connectivity index (χ0) is 16.9. The van der Waals surface area contributed by atoms with E-state index in [1.807, 2.05) is 6.07 Å². The van der Waals surface area contributed by atoms with Crippen molar-refractivity contribution < 1.29 is 9.90 Å². The van der Waals surface area contributed by atoms with Crippen LogP contribution in [-0.2, 0) is 12.2 Å². The number of anilines is 1. The number of aromatic carboxylic acids is 1. The van der Waals surface area contributed by atoms with Gasteiger partial charge in [-0.2, -0.15) is 0 Å². The zero-order valence-corrected chi connectivity index (χ0v) is 14.6. The summed E-state index contributed by atoms with van der Waals surface area (Å²) >= 11 is 1.55. The number of nitrogens with zero attached hydrogens (tertiary/aromatic N) is 3. The van der Waals surface area contributed by atoms with E-state index in [9.17, 15) is 4.79 Å². The predicted molar refractivity (Wildman–Crippen MR) is 95.8 cm³/mol. The van der Waals surface area contributed by atoms with Crippen molar-refractivity contribution in [1.29, 1.82) is 0 Å². The molecule has 0 atom stereocenters. The number of carbonyl (C=O) groups is 1. The van der Waals surface area contributed by atoms with E-state index in [2.05, 4.69) is 22.9 Å². The fourth-order valence-electron chi connectivity index (χ4n) is 2.76. The molecule has 0 spiro atoms. The van der Waals surface area contributed by atoms with Crippen LogP contribution in [0.5, 0.6) is 0 Å². The number of hydrogen-bond donors (Lipinski definition) is 1. The highest BCUT2D eigenvalue weighted by Gasteiger charge is 2.16. The third-order valence-electron chi connectivity index (χ3n) is 4.08. The van der Waals surface area contributed by atoms with E-state index in [1.165, 1.54) is 12.8 Å². The molecule has 126 valence electrons. The Bertz CT molecular complexity index is 730. The number of benzene rings is 1. The molecule has 6 heteroatoms. The normalized spacial score (nSPS) is 14.1. The van der Waals surface area contributed by atoms with Gasteiger partial charge in [-0.3, -0.25) is 0 Å². The van der Waals surface area contributed by atoms with Crippen LogP contribution in [0.15, 0.2) is 35.5 Å². The first-order valence-corrected chi connectivity index (χ1v) is 9.22. The molecule has 0 saturated carbocycles. The van der Waals surface area contributed by atoms with E-state index < -0.39 is 5.97 Å². The number of aromatic nitrogens is 2. The monoisotopic (exact) mass is 343 g/mol. The van der Waals surface area contributed by atoms with Crippen molar-refractivity contribution >= 4 is 23.5 Å². The van der Waals surface area contributed by atoms with Crippen LogP contribution >= 0.6 is 11.8 Å². The molecule has 3 rings (SSSR count). The second kappa shape index (κ2) is 7.66. The Morgan fingerprint density at radius 1 is 1.25 bits per heavy atom. The number of rotatable bonds is 6. The SMILES string of the molecule is CCc1cc(N2CCCC2)nc(SCc2cccc(C(=O)O)c2)n1. The quantitative estimate of drug-likeness (QED) is 0.638. The highest BCUT2D eigenvalue weighted by Crippen LogP contribution is 2.25. The highest BCUT2D eigenvalue weighted by molar-refractivity contribution is 7.98. The zero-order valence-electron chi connectivity index (χ0n) is 13.7. The molecule has 0 unspecified atom stereocenters. The molecule has 1 fully saturated rings. The third-order valence-corrected chi connectivity index (χ3v) is 5.00. The van der Waals surface area contributed by atoms with Gasteiger partial charge in [0.25, 0.3) is 0 Å². The first-order chi connectivity index (χ1) is 11.7. The minimum Gasteiger partial charge on any atom is -0.478 e. The summed E-state index contributed by atoms with van der Waals surface area (Å²) in [6.07, 6.45) is 3.32.